The van der Waals surface area contributed by atoms with E-state index < -0.39 is 10.0 Å². The Morgan fingerprint density at radius 1 is 1.00 bits per heavy atom. The minimum Gasteiger partial charge on any atom is -0.368 e. The van der Waals surface area contributed by atoms with Crippen LogP contribution in [-0.2, 0) is 10.0 Å². The van der Waals surface area contributed by atoms with Gasteiger partial charge in [-0.15, -0.1) is 0 Å². The number of rotatable bonds is 5. The summed E-state index contributed by atoms with van der Waals surface area (Å²) in [7, 11) is -3.72. The minimum atomic E-state index is -3.72. The Morgan fingerprint density at radius 3 is 2.32 bits per heavy atom. The number of anilines is 1. The lowest BCUT2D eigenvalue weighted by Crippen LogP contribution is -2.48. The quantitative estimate of drug-likeness (QED) is 0.809. The van der Waals surface area contributed by atoms with Gasteiger partial charge in [0.15, 0.2) is 0 Å². The summed E-state index contributed by atoms with van der Waals surface area (Å²) in [6.07, 6.45) is 1.67. The van der Waals surface area contributed by atoms with Crippen LogP contribution in [0.25, 0.3) is 0 Å². The maximum absolute atomic E-state index is 12.9. The number of amides is 1. The van der Waals surface area contributed by atoms with E-state index in [0.717, 1.165) is 31.6 Å². The Kier molecular flexibility index (Phi) is 5.31. The Labute approximate surface area is 170 Å². The number of sulfonamides is 1. The summed E-state index contributed by atoms with van der Waals surface area (Å²) >= 11 is 6.11. The molecule has 2 aliphatic rings. The Balaban J connectivity index is 1.47. The van der Waals surface area contributed by atoms with Gasteiger partial charge in [-0.05, 0) is 43.2 Å². The van der Waals surface area contributed by atoms with E-state index in [9.17, 15) is 13.2 Å². The van der Waals surface area contributed by atoms with E-state index in [4.69, 9.17) is 11.6 Å². The summed E-state index contributed by atoms with van der Waals surface area (Å²) in [5, 5.41) is 0.124. The lowest BCUT2D eigenvalue weighted by Gasteiger charge is -2.36. The van der Waals surface area contributed by atoms with Crippen molar-refractivity contribution < 1.29 is 13.2 Å². The van der Waals surface area contributed by atoms with Gasteiger partial charge in [-0.2, -0.15) is 0 Å². The van der Waals surface area contributed by atoms with Crippen molar-refractivity contribution in [3.8, 4) is 0 Å². The second-order valence-corrected chi connectivity index (χ2v) is 9.25. The van der Waals surface area contributed by atoms with Crippen molar-refractivity contribution in [2.45, 2.75) is 23.8 Å². The minimum absolute atomic E-state index is 0.0218. The smallest absolute Gasteiger partial charge is 0.254 e. The first kappa shape index (κ1) is 19.2. The van der Waals surface area contributed by atoms with Gasteiger partial charge in [-0.1, -0.05) is 29.8 Å². The Morgan fingerprint density at radius 2 is 1.68 bits per heavy atom. The molecule has 148 valence electrons. The maximum Gasteiger partial charge on any atom is 0.254 e. The molecule has 8 heteroatoms. The van der Waals surface area contributed by atoms with E-state index in [1.54, 1.807) is 11.0 Å². The van der Waals surface area contributed by atoms with Gasteiger partial charge in [0.1, 0.15) is 4.90 Å². The van der Waals surface area contributed by atoms with E-state index in [1.807, 2.05) is 18.2 Å². The summed E-state index contributed by atoms with van der Waals surface area (Å²) in [6, 6.07) is 14.5. The number of piperazine rings is 1. The van der Waals surface area contributed by atoms with Crippen molar-refractivity contribution in [3.05, 3.63) is 59.1 Å². The molecule has 2 aromatic rings. The number of halogens is 1. The monoisotopic (exact) mass is 419 g/mol. The van der Waals surface area contributed by atoms with E-state index in [0.29, 0.717) is 18.7 Å². The third kappa shape index (κ3) is 4.16. The van der Waals surface area contributed by atoms with E-state index in [1.165, 1.54) is 12.1 Å². The summed E-state index contributed by atoms with van der Waals surface area (Å²) in [6.45, 7) is 2.63. The van der Waals surface area contributed by atoms with Crippen molar-refractivity contribution >= 4 is 33.2 Å². The summed E-state index contributed by atoms with van der Waals surface area (Å²) < 4.78 is 27.7. The first-order valence-corrected chi connectivity index (χ1v) is 11.2. The van der Waals surface area contributed by atoms with Gasteiger partial charge >= 0.3 is 0 Å². The molecule has 1 N–H and O–H groups in total. The SMILES string of the molecule is O=C(c1ccc(Cl)c(S(=O)(=O)NC2CC2)c1)N1CCN(c2ccccc2)CC1. The number of nitrogens with one attached hydrogen (secondary N) is 1. The van der Waals surface area contributed by atoms with Crippen molar-refractivity contribution in [3.63, 3.8) is 0 Å². The van der Waals surface area contributed by atoms with Gasteiger partial charge in [0.25, 0.3) is 5.91 Å². The van der Waals surface area contributed by atoms with Crippen molar-refractivity contribution in [1.29, 1.82) is 0 Å². The zero-order chi connectivity index (χ0) is 19.7. The van der Waals surface area contributed by atoms with Crippen molar-refractivity contribution in [2.75, 3.05) is 31.1 Å². The van der Waals surface area contributed by atoms with Gasteiger partial charge in [0.05, 0.1) is 5.02 Å². The lowest BCUT2D eigenvalue weighted by molar-refractivity contribution is 0.0746. The predicted octanol–water partition coefficient (Wildman–Crippen LogP) is 2.74. The molecule has 4 rings (SSSR count). The molecule has 1 aliphatic carbocycles. The summed E-state index contributed by atoms with van der Waals surface area (Å²) in [4.78, 5) is 16.9. The van der Waals surface area contributed by atoms with Crippen LogP contribution in [0, 0.1) is 0 Å². The molecular weight excluding hydrogens is 398 g/mol. The number of hydrogen-bond donors (Lipinski definition) is 1. The number of benzene rings is 2. The first-order chi connectivity index (χ1) is 13.4. The molecule has 0 aromatic heterocycles. The van der Waals surface area contributed by atoms with Gasteiger partial charge in [0.2, 0.25) is 10.0 Å². The topological polar surface area (TPSA) is 69.7 Å². The highest BCUT2D eigenvalue weighted by Crippen LogP contribution is 2.27. The molecule has 1 saturated heterocycles. The molecule has 0 spiro atoms. The van der Waals surface area contributed by atoms with E-state index in [-0.39, 0.29) is 21.9 Å². The fourth-order valence-electron chi connectivity index (χ4n) is 3.32. The maximum atomic E-state index is 12.9. The summed E-state index contributed by atoms with van der Waals surface area (Å²) in [5.41, 5.74) is 1.48. The number of para-hydroxylation sites is 1. The second-order valence-electron chi connectivity index (χ2n) is 7.16. The van der Waals surface area contributed by atoms with Crippen molar-refractivity contribution in [1.82, 2.24) is 9.62 Å². The fourth-order valence-corrected chi connectivity index (χ4v) is 5.15. The molecule has 28 heavy (non-hydrogen) atoms. The van der Waals surface area contributed by atoms with Gasteiger partial charge in [-0.25, -0.2) is 13.1 Å². The molecule has 1 heterocycles. The van der Waals surface area contributed by atoms with Crippen molar-refractivity contribution in [2.24, 2.45) is 0 Å². The van der Waals surface area contributed by atoms with Crippen LogP contribution in [0.5, 0.6) is 0 Å². The zero-order valence-electron chi connectivity index (χ0n) is 15.3. The number of carbonyl (C=O) groups excluding carboxylic acids is 1. The van der Waals surface area contributed by atoms with Gasteiger partial charge in [-0.3, -0.25) is 4.79 Å². The lowest BCUT2D eigenvalue weighted by atomic mass is 10.1. The normalized spacial score (nSPS) is 17.6. The second kappa shape index (κ2) is 7.73. The largest absolute Gasteiger partial charge is 0.368 e. The van der Waals surface area contributed by atoms with Crippen LogP contribution in [0.3, 0.4) is 0 Å². The predicted molar refractivity (Wildman–Crippen MR) is 109 cm³/mol. The molecule has 6 nitrogen and oxygen atoms in total. The molecule has 0 atom stereocenters. The molecule has 1 amide bonds. The standard InChI is InChI=1S/C20H22ClN3O3S/c21-18-9-6-15(14-19(18)28(26,27)22-16-7-8-16)20(25)24-12-10-23(11-13-24)17-4-2-1-3-5-17/h1-6,9,14,16,22H,7-8,10-13H2. The molecule has 0 unspecified atom stereocenters. The molecule has 0 radical (unpaired) electrons. The number of nitrogens with zero attached hydrogens (tertiary/aromatic N) is 2. The highest BCUT2D eigenvalue weighted by molar-refractivity contribution is 7.89. The molecular formula is C20H22ClN3O3S. The highest BCUT2D eigenvalue weighted by atomic mass is 35.5. The fraction of sp³-hybridized carbons (Fsp3) is 0.350. The molecule has 1 saturated carbocycles. The molecule has 2 aromatic carbocycles. The molecule has 0 bridgehead atoms. The molecule has 2 fully saturated rings. The van der Waals surface area contributed by atoms with Crippen LogP contribution in [0.1, 0.15) is 23.2 Å². The first-order valence-electron chi connectivity index (χ1n) is 9.35. The zero-order valence-corrected chi connectivity index (χ0v) is 16.9. The summed E-state index contributed by atoms with van der Waals surface area (Å²) in [5.74, 6) is -0.174. The van der Waals surface area contributed by atoms with Crippen LogP contribution in [-0.4, -0.2) is 51.4 Å². The van der Waals surface area contributed by atoms with Gasteiger partial charge in [0, 0.05) is 43.5 Å². The molecule has 1 aliphatic heterocycles. The van der Waals surface area contributed by atoms with Gasteiger partial charge < -0.3 is 9.80 Å². The average molecular weight is 420 g/mol. The third-order valence-corrected chi connectivity index (χ3v) is 7.06. The Hall–Kier alpha value is -2.09. The number of carbonyl (C=O) groups is 1. The van der Waals surface area contributed by atoms with Crippen LogP contribution < -0.4 is 9.62 Å². The Bertz CT molecular complexity index is 969. The third-order valence-electron chi connectivity index (χ3n) is 5.06. The average Bonchev–Trinajstić information content (AvgIpc) is 3.52. The highest BCUT2D eigenvalue weighted by Gasteiger charge is 2.30. The van der Waals surface area contributed by atoms with Crippen LogP contribution in [0.15, 0.2) is 53.4 Å². The number of hydrogen-bond acceptors (Lipinski definition) is 4. The van der Waals surface area contributed by atoms with E-state index in [2.05, 4.69) is 21.8 Å². The van der Waals surface area contributed by atoms with Crippen LogP contribution in [0.2, 0.25) is 5.02 Å². The van der Waals surface area contributed by atoms with Crippen LogP contribution >= 0.6 is 11.6 Å². The van der Waals surface area contributed by atoms with Crippen LogP contribution in [0.4, 0.5) is 5.69 Å². The van der Waals surface area contributed by atoms with E-state index >= 15 is 0 Å².